The fourth-order valence-corrected chi connectivity index (χ4v) is 5.34. The Morgan fingerprint density at radius 3 is 2.14 bits per heavy atom. The van der Waals surface area contributed by atoms with Gasteiger partial charge in [0.15, 0.2) is 13.1 Å². The van der Waals surface area contributed by atoms with Gasteiger partial charge in [0.25, 0.3) is 0 Å². The minimum Gasteiger partial charge on any atom is -0.383 e. The van der Waals surface area contributed by atoms with Crippen LogP contribution < -0.4 is 14.8 Å². The minimum atomic E-state index is 0.671. The van der Waals surface area contributed by atoms with Gasteiger partial charge in [-0.3, -0.25) is 0 Å². The van der Waals surface area contributed by atoms with Gasteiger partial charge in [0.05, 0.1) is 34.0 Å². The van der Waals surface area contributed by atoms with E-state index in [4.69, 9.17) is 23.9 Å². The molecule has 2 aliphatic rings. The fraction of sp³-hybridized carbons (Fsp3) is 0.571. The molecule has 7 nitrogen and oxygen atoms in total. The Labute approximate surface area is 219 Å². The Morgan fingerprint density at radius 1 is 0.861 bits per heavy atom. The van der Waals surface area contributed by atoms with Crippen molar-refractivity contribution in [2.45, 2.75) is 26.2 Å². The number of anilines is 1. The monoisotopic (exact) mass is 516 g/mol. The van der Waals surface area contributed by atoms with Crippen LogP contribution in [0.4, 0.5) is 5.69 Å². The van der Waals surface area contributed by atoms with Crippen molar-refractivity contribution in [3.63, 3.8) is 0 Å². The average molecular weight is 517 g/mol. The maximum Gasteiger partial charge on any atom is 0.201 e. The van der Waals surface area contributed by atoms with Crippen LogP contribution in [0.15, 0.2) is 30.3 Å². The third kappa shape index (κ3) is 7.70. The molecule has 198 valence electrons. The van der Waals surface area contributed by atoms with Crippen LogP contribution in [0.5, 0.6) is 0 Å². The predicted molar refractivity (Wildman–Crippen MR) is 150 cm³/mol. The topological polar surface area (TPSA) is 56.1 Å². The van der Waals surface area contributed by atoms with E-state index in [-0.39, 0.29) is 0 Å². The SMILES string of the molecule is CCCCc1cc(N(CCOC)CCOC)cc2sc3cc(=[N+](CCOC)CCOC)ccc-3nc12. The minimum absolute atomic E-state index is 0.671. The lowest BCUT2D eigenvalue weighted by atomic mass is 10.1. The Morgan fingerprint density at radius 2 is 1.53 bits per heavy atom. The van der Waals surface area contributed by atoms with E-state index >= 15 is 0 Å². The number of hydrogen-bond donors (Lipinski definition) is 0. The van der Waals surface area contributed by atoms with Gasteiger partial charge < -0.3 is 23.8 Å². The van der Waals surface area contributed by atoms with E-state index in [1.807, 2.05) is 11.3 Å². The zero-order valence-electron chi connectivity index (χ0n) is 22.5. The van der Waals surface area contributed by atoms with Crippen LogP contribution in [-0.4, -0.2) is 86.0 Å². The van der Waals surface area contributed by atoms with E-state index in [0.29, 0.717) is 26.4 Å². The molecule has 8 heteroatoms. The number of methoxy groups -OCH3 is 4. The second-order valence-electron chi connectivity index (χ2n) is 8.87. The number of aryl methyl sites for hydroxylation is 1. The van der Waals surface area contributed by atoms with E-state index in [2.05, 4.69) is 46.7 Å². The zero-order chi connectivity index (χ0) is 25.8. The molecule has 3 rings (SSSR count). The lowest BCUT2D eigenvalue weighted by Crippen LogP contribution is -2.35. The quantitative estimate of drug-likeness (QED) is 0.213. The molecule has 0 fully saturated rings. The third-order valence-electron chi connectivity index (χ3n) is 6.33. The molecule has 0 bridgehead atoms. The van der Waals surface area contributed by atoms with Gasteiger partial charge in [-0.25, -0.2) is 9.56 Å². The van der Waals surface area contributed by atoms with Gasteiger partial charge in [0, 0.05) is 59.3 Å². The second-order valence-corrected chi connectivity index (χ2v) is 9.95. The van der Waals surface area contributed by atoms with Crippen LogP contribution in [0.1, 0.15) is 25.3 Å². The van der Waals surface area contributed by atoms with Crippen molar-refractivity contribution < 1.29 is 18.9 Å². The van der Waals surface area contributed by atoms with Crippen LogP contribution in [-0.2, 0) is 25.4 Å². The maximum atomic E-state index is 5.39. The molecular weight excluding hydrogens is 474 g/mol. The predicted octanol–water partition coefficient (Wildman–Crippen LogP) is 3.91. The second kappa shape index (κ2) is 15.2. The van der Waals surface area contributed by atoms with Gasteiger partial charge in [-0.05, 0) is 36.6 Å². The lowest BCUT2D eigenvalue weighted by Gasteiger charge is -2.25. The van der Waals surface area contributed by atoms with Crippen molar-refractivity contribution in [3.8, 4) is 10.6 Å². The molecule has 1 aliphatic carbocycles. The summed E-state index contributed by atoms with van der Waals surface area (Å²) in [5.41, 5.74) is 4.67. The van der Waals surface area contributed by atoms with Crippen molar-refractivity contribution in [3.05, 3.63) is 41.3 Å². The van der Waals surface area contributed by atoms with Crippen LogP contribution in [0, 0.1) is 0 Å². The number of benzene rings is 2. The van der Waals surface area contributed by atoms with Gasteiger partial charge in [0.1, 0.15) is 13.2 Å². The third-order valence-corrected chi connectivity index (χ3v) is 7.40. The summed E-state index contributed by atoms with van der Waals surface area (Å²) in [4.78, 5) is 8.69. The Balaban J connectivity index is 2.14. The molecule has 0 spiro atoms. The standard InChI is InChI=1S/C28H42N3O4S/c1-6-7-8-22-19-24(31(13-17-34-4)14-18-35-5)21-27-28(22)29-25-10-9-23(20-26(25)36-27)30(11-15-32-2)12-16-33-3/h9-10,19-21H,6-8,11-18H2,1-5H3/q+1. The molecule has 0 atom stereocenters. The van der Waals surface area contributed by atoms with Crippen molar-refractivity contribution in [1.82, 2.24) is 9.56 Å². The number of ether oxygens (including phenoxy) is 4. The Kier molecular flexibility index (Phi) is 12.0. The molecular formula is C28H42N3O4S+. The summed E-state index contributed by atoms with van der Waals surface area (Å²) in [6.07, 6.45) is 3.32. The van der Waals surface area contributed by atoms with Gasteiger partial charge in [-0.1, -0.05) is 13.3 Å². The van der Waals surface area contributed by atoms with Gasteiger partial charge in [0.2, 0.25) is 5.36 Å². The highest BCUT2D eigenvalue weighted by Crippen LogP contribution is 2.35. The summed E-state index contributed by atoms with van der Waals surface area (Å²) in [5.74, 6) is 0. The highest BCUT2D eigenvalue weighted by atomic mass is 32.1. The van der Waals surface area contributed by atoms with Crippen molar-refractivity contribution >= 4 is 27.2 Å². The fourth-order valence-electron chi connectivity index (χ4n) is 4.25. The summed E-state index contributed by atoms with van der Waals surface area (Å²) in [6.45, 7) is 8.20. The normalized spacial score (nSPS) is 11.5. The van der Waals surface area contributed by atoms with Crippen LogP contribution in [0.25, 0.3) is 20.8 Å². The van der Waals surface area contributed by atoms with Crippen LogP contribution >= 0.6 is 11.3 Å². The first kappa shape index (κ1) is 28.5. The van der Waals surface area contributed by atoms with Crippen molar-refractivity contribution in [1.29, 1.82) is 0 Å². The summed E-state index contributed by atoms with van der Waals surface area (Å²) in [6, 6.07) is 11.2. The number of aromatic nitrogens is 1. The molecule has 1 aliphatic heterocycles. The molecule has 0 saturated heterocycles. The molecule has 0 unspecified atom stereocenters. The maximum absolute atomic E-state index is 5.39. The van der Waals surface area contributed by atoms with Gasteiger partial charge in [-0.2, -0.15) is 0 Å². The summed E-state index contributed by atoms with van der Waals surface area (Å²) < 4.78 is 25.0. The van der Waals surface area contributed by atoms with E-state index < -0.39 is 0 Å². The van der Waals surface area contributed by atoms with Crippen molar-refractivity contribution in [2.24, 2.45) is 0 Å². The highest BCUT2D eigenvalue weighted by molar-refractivity contribution is 7.21. The van der Waals surface area contributed by atoms with Crippen molar-refractivity contribution in [2.75, 3.05) is 85.9 Å². The van der Waals surface area contributed by atoms with E-state index in [9.17, 15) is 0 Å². The molecule has 0 amide bonds. The Bertz CT molecular complexity index is 1100. The number of unbranched alkanes of at least 4 members (excludes halogenated alkanes) is 1. The van der Waals surface area contributed by atoms with Crippen LogP contribution in [0.3, 0.4) is 0 Å². The summed E-state index contributed by atoms with van der Waals surface area (Å²) >= 11 is 1.82. The van der Waals surface area contributed by atoms with E-state index in [1.54, 1.807) is 28.4 Å². The number of nitrogens with zero attached hydrogens (tertiary/aromatic N) is 3. The van der Waals surface area contributed by atoms with E-state index in [0.717, 1.165) is 62.0 Å². The molecule has 0 aromatic heterocycles. The highest BCUT2D eigenvalue weighted by Gasteiger charge is 2.16. The molecule has 36 heavy (non-hydrogen) atoms. The average Bonchev–Trinajstić information content (AvgIpc) is 2.90. The number of hydrogen-bond acceptors (Lipinski definition) is 7. The molecule has 0 saturated carbocycles. The number of rotatable bonds is 16. The first-order valence-electron chi connectivity index (χ1n) is 12.8. The van der Waals surface area contributed by atoms with Gasteiger partial charge >= 0.3 is 0 Å². The molecule has 1 aromatic carbocycles. The van der Waals surface area contributed by atoms with Gasteiger partial charge in [-0.15, -0.1) is 11.3 Å². The van der Waals surface area contributed by atoms with E-state index in [1.165, 1.54) is 20.8 Å². The summed E-state index contributed by atoms with van der Waals surface area (Å²) in [7, 11) is 6.98. The largest absolute Gasteiger partial charge is 0.383 e. The Hall–Kier alpha value is -2.10. The number of fused-ring (bicyclic) bond motifs is 2. The summed E-state index contributed by atoms with van der Waals surface area (Å²) in [5, 5.41) is 1.16. The first-order valence-corrected chi connectivity index (χ1v) is 13.6. The first-order chi connectivity index (χ1) is 17.6. The lowest BCUT2D eigenvalue weighted by molar-refractivity contribution is 0.170. The molecule has 0 N–H and O–H groups in total. The van der Waals surface area contributed by atoms with Crippen LogP contribution in [0.2, 0.25) is 0 Å². The zero-order valence-corrected chi connectivity index (χ0v) is 23.4. The smallest absolute Gasteiger partial charge is 0.201 e. The molecule has 0 radical (unpaired) electrons. The molecule has 1 heterocycles. The molecule has 1 aromatic rings.